The molecule has 1 unspecified atom stereocenters. The van der Waals surface area contributed by atoms with Gasteiger partial charge < -0.3 is 5.11 Å². The van der Waals surface area contributed by atoms with Crippen molar-refractivity contribution in [2.24, 2.45) is 0 Å². The van der Waals surface area contributed by atoms with E-state index in [0.29, 0.717) is 5.75 Å². The highest BCUT2D eigenvalue weighted by Crippen LogP contribution is 2.32. The van der Waals surface area contributed by atoms with Crippen LogP contribution in [0.15, 0.2) is 59.5 Å². The number of carboxylic acid groups (broad SMARTS) is 1. The number of thioether (sulfide) groups is 1. The molecule has 0 amide bonds. The fraction of sp³-hybridized carbons (Fsp3) is 0.188. The van der Waals surface area contributed by atoms with E-state index in [4.69, 9.17) is 0 Å². The van der Waals surface area contributed by atoms with Crippen molar-refractivity contribution >= 4 is 23.4 Å². The van der Waals surface area contributed by atoms with Crippen molar-refractivity contribution in [2.45, 2.75) is 17.2 Å². The molecule has 5 nitrogen and oxygen atoms in total. The van der Waals surface area contributed by atoms with Crippen LogP contribution in [0.25, 0.3) is 0 Å². The standard InChI is InChI=1S/C16H15NO4S/c1-16(15(18)19,12-5-3-2-4-6-12)11-22-14-9-7-13(8-10-14)17(20)21/h2-10H,11H2,1H3,(H,18,19). The van der Waals surface area contributed by atoms with E-state index >= 15 is 0 Å². The van der Waals surface area contributed by atoms with Crippen molar-refractivity contribution in [3.05, 3.63) is 70.3 Å². The lowest BCUT2D eigenvalue weighted by Crippen LogP contribution is -2.35. The Morgan fingerprint density at radius 1 is 1.18 bits per heavy atom. The number of hydrogen-bond acceptors (Lipinski definition) is 4. The fourth-order valence-corrected chi connectivity index (χ4v) is 3.04. The monoisotopic (exact) mass is 317 g/mol. The van der Waals surface area contributed by atoms with Gasteiger partial charge in [-0.15, -0.1) is 11.8 Å². The molecule has 0 saturated carbocycles. The van der Waals surface area contributed by atoms with Crippen LogP contribution in [-0.4, -0.2) is 21.8 Å². The predicted molar refractivity (Wildman–Crippen MR) is 85.3 cm³/mol. The maximum absolute atomic E-state index is 11.7. The molecule has 0 radical (unpaired) electrons. The number of rotatable bonds is 6. The van der Waals surface area contributed by atoms with Crippen LogP contribution in [-0.2, 0) is 10.2 Å². The Labute approximate surface area is 132 Å². The second-order valence-corrected chi connectivity index (χ2v) is 6.09. The maximum Gasteiger partial charge on any atom is 0.314 e. The number of non-ortho nitro benzene ring substituents is 1. The Kier molecular flexibility index (Phi) is 4.82. The smallest absolute Gasteiger partial charge is 0.314 e. The molecule has 0 bridgehead atoms. The second-order valence-electron chi connectivity index (χ2n) is 5.04. The highest BCUT2D eigenvalue weighted by Gasteiger charge is 2.35. The van der Waals surface area contributed by atoms with E-state index in [1.165, 1.54) is 23.9 Å². The summed E-state index contributed by atoms with van der Waals surface area (Å²) in [5.41, 5.74) is -0.265. The summed E-state index contributed by atoms with van der Waals surface area (Å²) in [4.78, 5) is 22.6. The molecule has 0 aliphatic rings. The van der Waals surface area contributed by atoms with E-state index in [-0.39, 0.29) is 5.69 Å². The van der Waals surface area contributed by atoms with Crippen molar-refractivity contribution in [3.63, 3.8) is 0 Å². The lowest BCUT2D eigenvalue weighted by atomic mass is 9.85. The number of aliphatic carboxylic acids is 1. The molecule has 2 aromatic rings. The lowest BCUT2D eigenvalue weighted by Gasteiger charge is -2.25. The Morgan fingerprint density at radius 2 is 1.77 bits per heavy atom. The summed E-state index contributed by atoms with van der Waals surface area (Å²) in [6, 6.07) is 15.2. The summed E-state index contributed by atoms with van der Waals surface area (Å²) >= 11 is 1.37. The Balaban J connectivity index is 2.16. The van der Waals surface area contributed by atoms with Crippen molar-refractivity contribution in [3.8, 4) is 0 Å². The molecule has 1 N–H and O–H groups in total. The van der Waals surface area contributed by atoms with Gasteiger partial charge in [-0.2, -0.15) is 0 Å². The van der Waals surface area contributed by atoms with E-state index in [2.05, 4.69) is 0 Å². The van der Waals surface area contributed by atoms with E-state index in [9.17, 15) is 20.0 Å². The first-order valence-corrected chi connectivity index (χ1v) is 7.58. The molecule has 0 saturated heterocycles. The third-order valence-corrected chi connectivity index (χ3v) is 4.79. The highest BCUT2D eigenvalue weighted by molar-refractivity contribution is 7.99. The average molecular weight is 317 g/mol. The number of carboxylic acids is 1. The molecular weight excluding hydrogens is 302 g/mol. The molecule has 22 heavy (non-hydrogen) atoms. The van der Waals surface area contributed by atoms with Gasteiger partial charge in [-0.25, -0.2) is 0 Å². The summed E-state index contributed by atoms with van der Waals surface area (Å²) in [6.07, 6.45) is 0. The number of nitro groups is 1. The van der Waals surface area contributed by atoms with Crippen LogP contribution in [0.4, 0.5) is 5.69 Å². The van der Waals surface area contributed by atoms with E-state index < -0.39 is 16.3 Å². The zero-order valence-corrected chi connectivity index (χ0v) is 12.7. The zero-order valence-electron chi connectivity index (χ0n) is 11.9. The number of carbonyl (C=O) groups is 1. The minimum Gasteiger partial charge on any atom is -0.481 e. The largest absolute Gasteiger partial charge is 0.481 e. The summed E-state index contributed by atoms with van der Waals surface area (Å²) in [5, 5.41) is 20.2. The first kappa shape index (κ1) is 16.0. The van der Waals surface area contributed by atoms with Gasteiger partial charge >= 0.3 is 5.97 Å². The third-order valence-electron chi connectivity index (χ3n) is 3.46. The number of nitro benzene ring substituents is 1. The van der Waals surface area contributed by atoms with E-state index in [1.54, 1.807) is 31.2 Å². The minimum absolute atomic E-state index is 0.0217. The van der Waals surface area contributed by atoms with Gasteiger partial charge in [0.05, 0.1) is 10.3 Å². The van der Waals surface area contributed by atoms with Gasteiger partial charge in [-0.05, 0) is 24.6 Å². The SMILES string of the molecule is CC(CSc1ccc([N+](=O)[O-])cc1)(C(=O)O)c1ccccc1. The van der Waals surface area contributed by atoms with Crippen LogP contribution >= 0.6 is 11.8 Å². The second kappa shape index (κ2) is 6.62. The summed E-state index contributed by atoms with van der Waals surface area (Å²) in [5.74, 6) is -0.558. The fourth-order valence-electron chi connectivity index (χ4n) is 1.97. The van der Waals surface area contributed by atoms with Gasteiger partial charge in [0, 0.05) is 22.8 Å². The molecular formula is C16H15NO4S. The molecule has 1 atom stereocenters. The zero-order chi connectivity index (χ0) is 16.2. The Bertz CT molecular complexity index is 672. The number of nitrogens with zero attached hydrogens (tertiary/aromatic N) is 1. The van der Waals surface area contributed by atoms with Crippen LogP contribution in [0.5, 0.6) is 0 Å². The summed E-state index contributed by atoms with van der Waals surface area (Å²) < 4.78 is 0. The molecule has 2 aromatic carbocycles. The minimum atomic E-state index is -1.02. The molecule has 0 spiro atoms. The number of hydrogen-bond donors (Lipinski definition) is 1. The van der Waals surface area contributed by atoms with Crippen LogP contribution < -0.4 is 0 Å². The molecule has 0 heterocycles. The Morgan fingerprint density at radius 3 is 2.27 bits per heavy atom. The van der Waals surface area contributed by atoms with Gasteiger partial charge in [0.25, 0.3) is 5.69 Å². The van der Waals surface area contributed by atoms with Gasteiger partial charge in [0.1, 0.15) is 0 Å². The van der Waals surface area contributed by atoms with Crippen LogP contribution in [0.3, 0.4) is 0 Å². The molecule has 0 aliphatic heterocycles. The molecule has 2 rings (SSSR count). The van der Waals surface area contributed by atoms with Gasteiger partial charge in [0.2, 0.25) is 0 Å². The topological polar surface area (TPSA) is 80.4 Å². The number of benzene rings is 2. The van der Waals surface area contributed by atoms with Crippen molar-refractivity contribution in [1.82, 2.24) is 0 Å². The van der Waals surface area contributed by atoms with Crippen molar-refractivity contribution < 1.29 is 14.8 Å². The molecule has 6 heteroatoms. The lowest BCUT2D eigenvalue weighted by molar-refractivity contribution is -0.384. The third kappa shape index (κ3) is 3.46. The van der Waals surface area contributed by atoms with Gasteiger partial charge in [-0.1, -0.05) is 30.3 Å². The Hall–Kier alpha value is -2.34. The summed E-state index contributed by atoms with van der Waals surface area (Å²) in [6.45, 7) is 1.68. The highest BCUT2D eigenvalue weighted by atomic mass is 32.2. The first-order valence-electron chi connectivity index (χ1n) is 6.59. The van der Waals surface area contributed by atoms with E-state index in [1.807, 2.05) is 18.2 Å². The quantitative estimate of drug-likeness (QED) is 0.499. The first-order chi connectivity index (χ1) is 10.4. The maximum atomic E-state index is 11.7. The van der Waals surface area contributed by atoms with Crippen LogP contribution in [0.2, 0.25) is 0 Å². The molecule has 0 aliphatic carbocycles. The predicted octanol–water partition coefficient (Wildman–Crippen LogP) is 3.73. The van der Waals surface area contributed by atoms with Crippen molar-refractivity contribution in [2.75, 3.05) is 5.75 Å². The normalized spacial score (nSPS) is 13.3. The van der Waals surface area contributed by atoms with Crippen LogP contribution in [0.1, 0.15) is 12.5 Å². The van der Waals surface area contributed by atoms with E-state index in [0.717, 1.165) is 10.5 Å². The van der Waals surface area contributed by atoms with Crippen molar-refractivity contribution in [1.29, 1.82) is 0 Å². The van der Waals surface area contributed by atoms with Gasteiger partial charge in [-0.3, -0.25) is 14.9 Å². The average Bonchev–Trinajstić information content (AvgIpc) is 2.53. The van der Waals surface area contributed by atoms with Crippen LogP contribution in [0, 0.1) is 10.1 Å². The molecule has 114 valence electrons. The van der Waals surface area contributed by atoms with Gasteiger partial charge in [0.15, 0.2) is 0 Å². The summed E-state index contributed by atoms with van der Waals surface area (Å²) in [7, 11) is 0. The molecule has 0 aromatic heterocycles. The molecule has 0 fully saturated rings.